The number of hydrogen-bond acceptors (Lipinski definition) is 4. The fraction of sp³-hybridized carbons (Fsp3) is 0.267. The van der Waals surface area contributed by atoms with Crippen molar-refractivity contribution < 1.29 is 4.79 Å². The molecular weight excluding hydrogens is 252 g/mol. The van der Waals surface area contributed by atoms with E-state index in [-0.39, 0.29) is 5.91 Å². The second-order valence-corrected chi connectivity index (χ2v) is 4.90. The minimum Gasteiger partial charge on any atom is -0.326 e. The number of carbonyl (C=O) groups excluding carboxylic acids is 1. The van der Waals surface area contributed by atoms with Crippen LogP contribution in [0.25, 0.3) is 11.3 Å². The number of rotatable bonds is 2. The number of fused-ring (bicyclic) bond motifs is 1. The predicted molar refractivity (Wildman–Crippen MR) is 77.1 cm³/mol. The summed E-state index contributed by atoms with van der Waals surface area (Å²) in [7, 11) is 1.79. The third-order valence-electron chi connectivity index (χ3n) is 3.59. The number of aryl methyl sites for hydroxylation is 1. The lowest BCUT2D eigenvalue weighted by Crippen LogP contribution is -2.31. The largest absolute Gasteiger partial charge is 0.326 e. The van der Waals surface area contributed by atoms with Crippen LogP contribution in [-0.2, 0) is 17.8 Å². The number of nitrogens with zero attached hydrogens (tertiary/aromatic N) is 3. The van der Waals surface area contributed by atoms with Gasteiger partial charge in [0, 0.05) is 44.4 Å². The summed E-state index contributed by atoms with van der Waals surface area (Å²) in [5, 5.41) is 0. The van der Waals surface area contributed by atoms with E-state index in [0.717, 1.165) is 28.2 Å². The quantitative estimate of drug-likeness (QED) is 0.896. The average Bonchev–Trinajstić information content (AvgIpc) is 2.51. The molecule has 0 aliphatic carbocycles. The lowest BCUT2D eigenvalue weighted by Gasteiger charge is -2.25. The van der Waals surface area contributed by atoms with Crippen molar-refractivity contribution in [3.8, 4) is 11.3 Å². The van der Waals surface area contributed by atoms with Crippen LogP contribution in [0.15, 0.2) is 30.6 Å². The molecule has 0 saturated carbocycles. The van der Waals surface area contributed by atoms with Crippen LogP contribution < -0.4 is 10.6 Å². The molecule has 20 heavy (non-hydrogen) atoms. The minimum absolute atomic E-state index is 0.138. The number of amides is 1. The number of hydrogen-bond donors (Lipinski definition) is 1. The summed E-state index contributed by atoms with van der Waals surface area (Å²) in [6, 6.07) is 5.87. The molecule has 0 spiro atoms. The number of pyridine rings is 2. The Kier molecular flexibility index (Phi) is 3.20. The first-order chi connectivity index (χ1) is 9.69. The van der Waals surface area contributed by atoms with Crippen molar-refractivity contribution in [1.29, 1.82) is 0 Å². The monoisotopic (exact) mass is 268 g/mol. The third-order valence-corrected chi connectivity index (χ3v) is 3.59. The highest BCUT2D eigenvalue weighted by atomic mass is 16.2. The fourth-order valence-corrected chi connectivity index (χ4v) is 2.41. The molecule has 5 nitrogen and oxygen atoms in total. The van der Waals surface area contributed by atoms with Gasteiger partial charge < -0.3 is 10.6 Å². The van der Waals surface area contributed by atoms with Crippen molar-refractivity contribution in [2.45, 2.75) is 19.4 Å². The zero-order chi connectivity index (χ0) is 14.1. The zero-order valence-electron chi connectivity index (χ0n) is 11.3. The standard InChI is InChI=1S/C15H16N4O/c1-19-14-4-2-12(18-13(14)3-5-15(19)20)11-6-10(7-16)8-17-9-11/h2,4,6,8-9H,3,5,7,16H2,1H3. The Morgan fingerprint density at radius 1 is 1.30 bits per heavy atom. The van der Waals surface area contributed by atoms with E-state index in [4.69, 9.17) is 5.73 Å². The SMILES string of the molecule is CN1C(=O)CCc2nc(-c3cncc(CN)c3)ccc21. The first kappa shape index (κ1) is 12.7. The van der Waals surface area contributed by atoms with Gasteiger partial charge in [-0.15, -0.1) is 0 Å². The molecule has 2 aromatic heterocycles. The summed E-state index contributed by atoms with van der Waals surface area (Å²) >= 11 is 0. The van der Waals surface area contributed by atoms with Gasteiger partial charge >= 0.3 is 0 Å². The van der Waals surface area contributed by atoms with Gasteiger partial charge in [-0.3, -0.25) is 14.8 Å². The van der Waals surface area contributed by atoms with Gasteiger partial charge in [-0.25, -0.2) is 0 Å². The van der Waals surface area contributed by atoms with Gasteiger partial charge in [0.05, 0.1) is 17.1 Å². The molecule has 0 saturated heterocycles. The van der Waals surface area contributed by atoms with E-state index >= 15 is 0 Å². The molecule has 1 aliphatic rings. The highest BCUT2D eigenvalue weighted by Crippen LogP contribution is 2.28. The molecule has 3 rings (SSSR count). The average molecular weight is 268 g/mol. The Morgan fingerprint density at radius 2 is 2.15 bits per heavy atom. The molecule has 1 aliphatic heterocycles. The Balaban J connectivity index is 2.02. The van der Waals surface area contributed by atoms with Crippen molar-refractivity contribution in [3.05, 3.63) is 41.9 Å². The van der Waals surface area contributed by atoms with Crippen LogP contribution in [0.3, 0.4) is 0 Å². The topological polar surface area (TPSA) is 72.1 Å². The lowest BCUT2D eigenvalue weighted by molar-refractivity contribution is -0.118. The van der Waals surface area contributed by atoms with Gasteiger partial charge in [-0.1, -0.05) is 0 Å². The van der Waals surface area contributed by atoms with E-state index in [1.165, 1.54) is 0 Å². The van der Waals surface area contributed by atoms with E-state index in [9.17, 15) is 4.79 Å². The normalized spacial score (nSPS) is 14.3. The Hall–Kier alpha value is -2.27. The van der Waals surface area contributed by atoms with Crippen LogP contribution in [0.4, 0.5) is 5.69 Å². The maximum absolute atomic E-state index is 11.7. The lowest BCUT2D eigenvalue weighted by atomic mass is 10.0. The van der Waals surface area contributed by atoms with Crippen LogP contribution in [-0.4, -0.2) is 22.9 Å². The van der Waals surface area contributed by atoms with Gasteiger partial charge in [0.15, 0.2) is 0 Å². The Morgan fingerprint density at radius 3 is 2.95 bits per heavy atom. The second kappa shape index (κ2) is 5.02. The minimum atomic E-state index is 0.138. The van der Waals surface area contributed by atoms with Crippen LogP contribution in [0.2, 0.25) is 0 Å². The van der Waals surface area contributed by atoms with E-state index in [2.05, 4.69) is 9.97 Å². The van der Waals surface area contributed by atoms with Gasteiger partial charge in [-0.05, 0) is 23.8 Å². The van der Waals surface area contributed by atoms with Crippen molar-refractivity contribution in [1.82, 2.24) is 9.97 Å². The van der Waals surface area contributed by atoms with Gasteiger partial charge in [0.1, 0.15) is 0 Å². The molecule has 0 atom stereocenters. The molecule has 0 bridgehead atoms. The molecule has 2 aromatic rings. The fourth-order valence-electron chi connectivity index (χ4n) is 2.41. The van der Waals surface area contributed by atoms with Crippen LogP contribution in [0, 0.1) is 0 Å². The summed E-state index contributed by atoms with van der Waals surface area (Å²) in [6.45, 7) is 0.461. The molecular formula is C15H16N4O. The third kappa shape index (κ3) is 2.16. The highest BCUT2D eigenvalue weighted by molar-refractivity contribution is 5.95. The number of anilines is 1. The van der Waals surface area contributed by atoms with Gasteiger partial charge in [0.2, 0.25) is 5.91 Å². The Bertz CT molecular complexity index is 669. The molecule has 0 fully saturated rings. The Labute approximate surface area is 117 Å². The first-order valence-electron chi connectivity index (χ1n) is 6.60. The van der Waals surface area contributed by atoms with E-state index in [0.29, 0.717) is 19.4 Å². The van der Waals surface area contributed by atoms with E-state index in [1.807, 2.05) is 18.2 Å². The zero-order valence-corrected chi connectivity index (χ0v) is 11.3. The van der Waals surface area contributed by atoms with E-state index < -0.39 is 0 Å². The summed E-state index contributed by atoms with van der Waals surface area (Å²) < 4.78 is 0. The van der Waals surface area contributed by atoms with Crippen molar-refractivity contribution in [3.63, 3.8) is 0 Å². The molecule has 102 valence electrons. The van der Waals surface area contributed by atoms with Crippen LogP contribution in [0.1, 0.15) is 17.7 Å². The summed E-state index contributed by atoms with van der Waals surface area (Å²) in [6.07, 6.45) is 4.75. The predicted octanol–water partition coefficient (Wildman–Crippen LogP) is 1.51. The number of aromatic nitrogens is 2. The maximum Gasteiger partial charge on any atom is 0.227 e. The summed E-state index contributed by atoms with van der Waals surface area (Å²) in [5.41, 5.74) is 10.3. The summed E-state index contributed by atoms with van der Waals surface area (Å²) in [5.74, 6) is 0.138. The first-order valence-corrected chi connectivity index (χ1v) is 6.60. The van der Waals surface area contributed by atoms with Crippen molar-refractivity contribution in [2.75, 3.05) is 11.9 Å². The smallest absolute Gasteiger partial charge is 0.227 e. The highest BCUT2D eigenvalue weighted by Gasteiger charge is 2.22. The molecule has 1 amide bonds. The molecule has 2 N–H and O–H groups in total. The summed E-state index contributed by atoms with van der Waals surface area (Å²) in [4.78, 5) is 22.2. The van der Waals surface area contributed by atoms with Crippen molar-refractivity contribution >= 4 is 11.6 Å². The molecule has 3 heterocycles. The number of carbonyl (C=O) groups is 1. The van der Waals surface area contributed by atoms with Gasteiger partial charge in [0.25, 0.3) is 0 Å². The maximum atomic E-state index is 11.7. The van der Waals surface area contributed by atoms with Gasteiger partial charge in [-0.2, -0.15) is 0 Å². The number of nitrogens with two attached hydrogens (primary N) is 1. The van der Waals surface area contributed by atoms with Crippen LogP contribution >= 0.6 is 0 Å². The second-order valence-electron chi connectivity index (χ2n) is 4.90. The molecule has 0 radical (unpaired) electrons. The molecule has 0 unspecified atom stereocenters. The van der Waals surface area contributed by atoms with E-state index in [1.54, 1.807) is 24.3 Å². The van der Waals surface area contributed by atoms with Crippen molar-refractivity contribution in [2.24, 2.45) is 5.73 Å². The molecule has 5 heteroatoms. The van der Waals surface area contributed by atoms with Crippen LogP contribution in [0.5, 0.6) is 0 Å². The molecule has 0 aromatic carbocycles.